The van der Waals surface area contributed by atoms with Crippen molar-refractivity contribution < 1.29 is 5.11 Å². The molecule has 0 saturated carbocycles. The van der Waals surface area contributed by atoms with Crippen LogP contribution in [0.5, 0.6) is 0 Å². The van der Waals surface area contributed by atoms with Crippen molar-refractivity contribution in [3.05, 3.63) is 34.9 Å². The lowest BCUT2D eigenvalue weighted by atomic mass is 9.99. The molecule has 0 amide bonds. The van der Waals surface area contributed by atoms with Gasteiger partial charge in [-0.1, -0.05) is 23.8 Å². The molecule has 3 N–H and O–H groups in total. The minimum absolute atomic E-state index is 0.411. The van der Waals surface area contributed by atoms with E-state index in [9.17, 15) is 5.11 Å². The van der Waals surface area contributed by atoms with Gasteiger partial charge in [0.25, 0.3) is 0 Å². The van der Waals surface area contributed by atoms with Gasteiger partial charge in [0, 0.05) is 0 Å². The van der Waals surface area contributed by atoms with Crippen LogP contribution in [0.15, 0.2) is 18.2 Å². The molecule has 1 rings (SSSR count). The van der Waals surface area contributed by atoms with Gasteiger partial charge in [-0.2, -0.15) is 0 Å². The maximum atomic E-state index is 9.71. The molecule has 0 bridgehead atoms. The summed E-state index contributed by atoms with van der Waals surface area (Å²) in [4.78, 5) is 0. The molecule has 0 saturated heterocycles. The summed E-state index contributed by atoms with van der Waals surface area (Å²) in [5, 5.41) is 9.71. The molecule has 0 aliphatic heterocycles. The molecule has 1 aromatic rings. The molecular weight excluding hydrogens is 162 g/mol. The van der Waals surface area contributed by atoms with Gasteiger partial charge in [-0.3, -0.25) is 0 Å². The maximum Gasteiger partial charge on any atom is 0.0804 e. The van der Waals surface area contributed by atoms with Crippen LogP contribution in [0.2, 0.25) is 0 Å². The summed E-state index contributed by atoms with van der Waals surface area (Å²) in [6.07, 6.45) is 0.217. The first-order valence-electron chi connectivity index (χ1n) is 4.60. The van der Waals surface area contributed by atoms with Crippen molar-refractivity contribution in [1.29, 1.82) is 0 Å². The standard InChI is InChI=1S/C11H17NO/c1-8-3-4-10(9(2)7-8)11(13)5-6-12/h3-4,7,11,13H,5-6,12H2,1-2H3/t11-/m0/s1. The Bertz CT molecular complexity index is 283. The Morgan fingerprint density at radius 3 is 2.62 bits per heavy atom. The summed E-state index contributed by atoms with van der Waals surface area (Å²) in [6.45, 7) is 4.59. The number of nitrogens with two attached hydrogens (primary N) is 1. The van der Waals surface area contributed by atoms with Gasteiger partial charge in [-0.15, -0.1) is 0 Å². The van der Waals surface area contributed by atoms with E-state index in [1.165, 1.54) is 5.56 Å². The molecule has 1 atom stereocenters. The molecule has 0 fully saturated rings. The van der Waals surface area contributed by atoms with Crippen molar-refractivity contribution in [2.75, 3.05) is 6.54 Å². The van der Waals surface area contributed by atoms with Crippen LogP contribution in [0.3, 0.4) is 0 Å². The predicted molar refractivity (Wildman–Crippen MR) is 54.5 cm³/mol. The Morgan fingerprint density at radius 2 is 2.08 bits per heavy atom. The summed E-state index contributed by atoms with van der Waals surface area (Å²) >= 11 is 0. The van der Waals surface area contributed by atoms with Gasteiger partial charge < -0.3 is 10.8 Å². The lowest BCUT2D eigenvalue weighted by Gasteiger charge is -2.12. The fraction of sp³-hybridized carbons (Fsp3) is 0.455. The van der Waals surface area contributed by atoms with Gasteiger partial charge in [-0.05, 0) is 37.9 Å². The quantitative estimate of drug-likeness (QED) is 0.741. The third-order valence-electron chi connectivity index (χ3n) is 2.22. The minimum atomic E-state index is -0.411. The number of hydrogen-bond donors (Lipinski definition) is 2. The van der Waals surface area contributed by atoms with Gasteiger partial charge in [0.15, 0.2) is 0 Å². The number of rotatable bonds is 3. The van der Waals surface area contributed by atoms with Crippen LogP contribution in [-0.4, -0.2) is 11.7 Å². The normalized spacial score (nSPS) is 12.9. The molecule has 0 radical (unpaired) electrons. The first-order chi connectivity index (χ1) is 6.15. The third kappa shape index (κ3) is 2.54. The number of aliphatic hydroxyl groups is 1. The molecule has 13 heavy (non-hydrogen) atoms. The second kappa shape index (κ2) is 4.40. The van der Waals surface area contributed by atoms with E-state index >= 15 is 0 Å². The van der Waals surface area contributed by atoms with Crippen molar-refractivity contribution in [3.8, 4) is 0 Å². The van der Waals surface area contributed by atoms with Gasteiger partial charge >= 0.3 is 0 Å². The van der Waals surface area contributed by atoms with Crippen LogP contribution < -0.4 is 5.73 Å². The molecule has 0 heterocycles. The summed E-state index contributed by atoms with van der Waals surface area (Å²) in [7, 11) is 0. The smallest absolute Gasteiger partial charge is 0.0804 e. The van der Waals surface area contributed by atoms with Gasteiger partial charge in [-0.25, -0.2) is 0 Å². The first-order valence-corrected chi connectivity index (χ1v) is 4.60. The molecule has 2 heteroatoms. The summed E-state index contributed by atoms with van der Waals surface area (Å²) < 4.78 is 0. The number of aryl methyl sites for hydroxylation is 2. The van der Waals surface area contributed by atoms with E-state index < -0.39 is 6.10 Å². The molecule has 0 spiro atoms. The van der Waals surface area contributed by atoms with Crippen molar-refractivity contribution in [2.45, 2.75) is 26.4 Å². The molecule has 0 aromatic heterocycles. The molecule has 72 valence electrons. The summed E-state index contributed by atoms with van der Waals surface area (Å²) in [5.74, 6) is 0. The van der Waals surface area contributed by atoms with Crippen LogP contribution in [-0.2, 0) is 0 Å². The molecule has 0 aliphatic rings. The largest absolute Gasteiger partial charge is 0.388 e. The van der Waals surface area contributed by atoms with E-state index in [-0.39, 0.29) is 0 Å². The van der Waals surface area contributed by atoms with E-state index in [0.29, 0.717) is 13.0 Å². The van der Waals surface area contributed by atoms with E-state index in [0.717, 1.165) is 11.1 Å². The molecule has 2 nitrogen and oxygen atoms in total. The fourth-order valence-corrected chi connectivity index (χ4v) is 1.51. The average molecular weight is 179 g/mol. The lowest BCUT2D eigenvalue weighted by Crippen LogP contribution is -2.07. The Morgan fingerprint density at radius 1 is 1.38 bits per heavy atom. The SMILES string of the molecule is Cc1ccc([C@@H](O)CCN)c(C)c1. The third-order valence-corrected chi connectivity index (χ3v) is 2.22. The van der Waals surface area contributed by atoms with Gasteiger partial charge in [0.2, 0.25) is 0 Å². The zero-order valence-corrected chi connectivity index (χ0v) is 8.25. The second-order valence-electron chi connectivity index (χ2n) is 3.45. The predicted octanol–water partition coefficient (Wildman–Crippen LogP) is 1.69. The van der Waals surface area contributed by atoms with Crippen molar-refractivity contribution in [3.63, 3.8) is 0 Å². The molecule has 0 unspecified atom stereocenters. The van der Waals surface area contributed by atoms with E-state index in [1.807, 2.05) is 26.0 Å². The molecule has 0 aliphatic carbocycles. The number of benzene rings is 1. The highest BCUT2D eigenvalue weighted by atomic mass is 16.3. The van der Waals surface area contributed by atoms with Gasteiger partial charge in [0.1, 0.15) is 0 Å². The molecular formula is C11H17NO. The summed E-state index contributed by atoms with van der Waals surface area (Å²) in [6, 6.07) is 6.07. The van der Waals surface area contributed by atoms with Crippen LogP contribution in [0.25, 0.3) is 0 Å². The Kier molecular flexibility index (Phi) is 3.46. The van der Waals surface area contributed by atoms with Gasteiger partial charge in [0.05, 0.1) is 6.10 Å². The number of hydrogen-bond acceptors (Lipinski definition) is 2. The monoisotopic (exact) mass is 179 g/mol. The van der Waals surface area contributed by atoms with E-state index in [2.05, 4.69) is 6.07 Å². The van der Waals surface area contributed by atoms with Crippen LogP contribution in [0.1, 0.15) is 29.2 Å². The Balaban J connectivity index is 2.88. The highest BCUT2D eigenvalue weighted by molar-refractivity contribution is 5.31. The zero-order valence-electron chi connectivity index (χ0n) is 8.25. The van der Waals surface area contributed by atoms with E-state index in [1.54, 1.807) is 0 Å². The highest BCUT2D eigenvalue weighted by Gasteiger charge is 2.08. The molecule has 1 aromatic carbocycles. The van der Waals surface area contributed by atoms with Crippen LogP contribution in [0, 0.1) is 13.8 Å². The van der Waals surface area contributed by atoms with Crippen molar-refractivity contribution in [2.24, 2.45) is 5.73 Å². The highest BCUT2D eigenvalue weighted by Crippen LogP contribution is 2.20. The Hall–Kier alpha value is -0.860. The topological polar surface area (TPSA) is 46.2 Å². The van der Waals surface area contributed by atoms with Crippen molar-refractivity contribution >= 4 is 0 Å². The Labute approximate surface area is 79.4 Å². The average Bonchev–Trinajstić information content (AvgIpc) is 2.04. The van der Waals surface area contributed by atoms with Crippen LogP contribution >= 0.6 is 0 Å². The maximum absolute atomic E-state index is 9.71. The minimum Gasteiger partial charge on any atom is -0.388 e. The van der Waals surface area contributed by atoms with E-state index in [4.69, 9.17) is 5.73 Å². The summed E-state index contributed by atoms with van der Waals surface area (Å²) in [5.41, 5.74) is 8.75. The van der Waals surface area contributed by atoms with Crippen molar-refractivity contribution in [1.82, 2.24) is 0 Å². The second-order valence-corrected chi connectivity index (χ2v) is 3.45. The first kappa shape index (κ1) is 10.2. The van der Waals surface area contributed by atoms with Crippen LogP contribution in [0.4, 0.5) is 0 Å². The fourth-order valence-electron chi connectivity index (χ4n) is 1.51. The zero-order chi connectivity index (χ0) is 9.84. The number of aliphatic hydroxyl groups excluding tert-OH is 1. The lowest BCUT2D eigenvalue weighted by molar-refractivity contribution is 0.169.